The van der Waals surface area contributed by atoms with E-state index in [1.165, 1.54) is 52.1 Å². The van der Waals surface area contributed by atoms with E-state index in [1.807, 2.05) is 0 Å². The third-order valence-corrected chi connectivity index (χ3v) is 3.49. The first-order valence-corrected chi connectivity index (χ1v) is 7.82. The Morgan fingerprint density at radius 1 is 0.778 bits per heavy atom. The fourth-order valence-electron chi connectivity index (χ4n) is 2.18. The average Bonchev–Trinajstić information content (AvgIpc) is 2.36. The molecule has 0 aliphatic rings. The van der Waals surface area contributed by atoms with E-state index in [0.717, 1.165) is 6.54 Å². The molecule has 0 bridgehead atoms. The quantitative estimate of drug-likeness (QED) is 0.542. The summed E-state index contributed by atoms with van der Waals surface area (Å²) in [6, 6.07) is 0.614. The van der Waals surface area contributed by atoms with Crippen LogP contribution < -0.4 is 5.32 Å². The number of nitrogens with one attached hydrogen (secondary N) is 1. The van der Waals surface area contributed by atoms with Gasteiger partial charge in [-0.15, -0.1) is 0 Å². The van der Waals surface area contributed by atoms with Gasteiger partial charge in [-0.25, -0.2) is 0 Å². The molecule has 3 nitrogen and oxygen atoms in total. The van der Waals surface area contributed by atoms with Crippen LogP contribution in [0.25, 0.3) is 0 Å². The Hall–Kier alpha value is -0.120. The normalized spacial score (nSPS) is 12.0. The first-order chi connectivity index (χ1) is 8.63. The van der Waals surface area contributed by atoms with E-state index in [4.69, 9.17) is 0 Å². The van der Waals surface area contributed by atoms with Gasteiger partial charge in [0.05, 0.1) is 0 Å². The molecule has 0 spiro atoms. The smallest absolute Gasteiger partial charge is 0.00103 e. The van der Waals surface area contributed by atoms with Crippen LogP contribution in [-0.4, -0.2) is 61.7 Å². The predicted octanol–water partition coefficient (Wildman–Crippen LogP) is 2.43. The van der Waals surface area contributed by atoms with Gasteiger partial charge in [0.15, 0.2) is 0 Å². The SMILES string of the molecule is CCN(CC)CCCN(CC)CCCNC(C)C. The lowest BCUT2D eigenvalue weighted by molar-refractivity contribution is 0.241. The van der Waals surface area contributed by atoms with Gasteiger partial charge in [0, 0.05) is 6.04 Å². The Morgan fingerprint density at radius 3 is 1.78 bits per heavy atom. The molecule has 0 radical (unpaired) electrons. The molecule has 1 N–H and O–H groups in total. The maximum Gasteiger partial charge on any atom is 0.00103 e. The van der Waals surface area contributed by atoms with Crippen LogP contribution in [0.1, 0.15) is 47.5 Å². The van der Waals surface area contributed by atoms with Gasteiger partial charge in [-0.1, -0.05) is 34.6 Å². The van der Waals surface area contributed by atoms with Crippen molar-refractivity contribution in [3.05, 3.63) is 0 Å². The largest absolute Gasteiger partial charge is 0.314 e. The van der Waals surface area contributed by atoms with Gasteiger partial charge in [-0.3, -0.25) is 0 Å². The minimum absolute atomic E-state index is 0.614. The summed E-state index contributed by atoms with van der Waals surface area (Å²) in [5.74, 6) is 0. The second-order valence-electron chi connectivity index (χ2n) is 5.28. The van der Waals surface area contributed by atoms with E-state index >= 15 is 0 Å². The highest BCUT2D eigenvalue weighted by Gasteiger charge is 2.04. The summed E-state index contributed by atoms with van der Waals surface area (Å²) in [5, 5.41) is 3.48. The average molecular weight is 257 g/mol. The molecular formula is C15H35N3. The fourth-order valence-corrected chi connectivity index (χ4v) is 2.18. The molecular weight excluding hydrogens is 222 g/mol. The highest BCUT2D eigenvalue weighted by atomic mass is 15.1. The molecule has 0 aromatic rings. The molecule has 0 unspecified atom stereocenters. The predicted molar refractivity (Wildman–Crippen MR) is 82.3 cm³/mol. The van der Waals surface area contributed by atoms with Crippen molar-refractivity contribution in [2.24, 2.45) is 0 Å². The standard InChI is InChI=1S/C15H35N3/c1-6-17(7-2)13-10-14-18(8-3)12-9-11-16-15(4)5/h15-16H,6-14H2,1-5H3. The Balaban J connectivity index is 3.57. The third-order valence-electron chi connectivity index (χ3n) is 3.49. The van der Waals surface area contributed by atoms with Crippen molar-refractivity contribution < 1.29 is 0 Å². The van der Waals surface area contributed by atoms with Gasteiger partial charge < -0.3 is 15.1 Å². The molecule has 0 saturated carbocycles. The van der Waals surface area contributed by atoms with Crippen LogP contribution in [0.4, 0.5) is 0 Å². The van der Waals surface area contributed by atoms with Crippen LogP contribution in [0.3, 0.4) is 0 Å². The first kappa shape index (κ1) is 17.9. The van der Waals surface area contributed by atoms with Crippen molar-refractivity contribution in [1.29, 1.82) is 0 Å². The van der Waals surface area contributed by atoms with Gasteiger partial charge >= 0.3 is 0 Å². The minimum atomic E-state index is 0.614. The molecule has 0 rings (SSSR count). The van der Waals surface area contributed by atoms with Gasteiger partial charge in [-0.2, -0.15) is 0 Å². The molecule has 0 fully saturated rings. The van der Waals surface area contributed by atoms with Crippen LogP contribution in [0.2, 0.25) is 0 Å². The van der Waals surface area contributed by atoms with Crippen molar-refractivity contribution in [1.82, 2.24) is 15.1 Å². The van der Waals surface area contributed by atoms with Crippen LogP contribution in [-0.2, 0) is 0 Å². The summed E-state index contributed by atoms with van der Waals surface area (Å²) in [5.41, 5.74) is 0. The lowest BCUT2D eigenvalue weighted by Gasteiger charge is -2.23. The number of rotatable bonds is 12. The van der Waals surface area contributed by atoms with Gasteiger partial charge in [0.1, 0.15) is 0 Å². The molecule has 0 saturated heterocycles. The van der Waals surface area contributed by atoms with Crippen molar-refractivity contribution in [3.63, 3.8) is 0 Å². The van der Waals surface area contributed by atoms with Crippen LogP contribution >= 0.6 is 0 Å². The zero-order valence-electron chi connectivity index (χ0n) is 13.3. The zero-order chi connectivity index (χ0) is 13.8. The Bertz CT molecular complexity index is 167. The molecule has 0 aliphatic carbocycles. The van der Waals surface area contributed by atoms with Gasteiger partial charge in [0.2, 0.25) is 0 Å². The first-order valence-electron chi connectivity index (χ1n) is 7.82. The zero-order valence-corrected chi connectivity index (χ0v) is 13.3. The van der Waals surface area contributed by atoms with Crippen LogP contribution in [0.15, 0.2) is 0 Å². The third kappa shape index (κ3) is 9.86. The van der Waals surface area contributed by atoms with Crippen molar-refractivity contribution in [3.8, 4) is 0 Å². The molecule has 18 heavy (non-hydrogen) atoms. The minimum Gasteiger partial charge on any atom is -0.314 e. The summed E-state index contributed by atoms with van der Waals surface area (Å²) in [6.45, 7) is 19.6. The molecule has 3 heteroatoms. The van der Waals surface area contributed by atoms with E-state index in [0.29, 0.717) is 6.04 Å². The van der Waals surface area contributed by atoms with E-state index < -0.39 is 0 Å². The second kappa shape index (κ2) is 11.9. The van der Waals surface area contributed by atoms with E-state index in [1.54, 1.807) is 0 Å². The summed E-state index contributed by atoms with van der Waals surface area (Å²) in [6.07, 6.45) is 2.56. The lowest BCUT2D eigenvalue weighted by Crippen LogP contribution is -2.32. The molecule has 0 aromatic heterocycles. The van der Waals surface area contributed by atoms with Crippen molar-refractivity contribution >= 4 is 0 Å². The highest BCUT2D eigenvalue weighted by Crippen LogP contribution is 1.97. The van der Waals surface area contributed by atoms with Crippen molar-refractivity contribution in [2.45, 2.75) is 53.5 Å². The summed E-state index contributed by atoms with van der Waals surface area (Å²) < 4.78 is 0. The van der Waals surface area contributed by atoms with Crippen LogP contribution in [0.5, 0.6) is 0 Å². The summed E-state index contributed by atoms with van der Waals surface area (Å²) >= 11 is 0. The molecule has 0 heterocycles. The highest BCUT2D eigenvalue weighted by molar-refractivity contribution is 4.61. The molecule has 0 aliphatic heterocycles. The van der Waals surface area contributed by atoms with Crippen LogP contribution in [0, 0.1) is 0 Å². The number of hydrogen-bond donors (Lipinski definition) is 1. The van der Waals surface area contributed by atoms with E-state index in [2.05, 4.69) is 49.7 Å². The van der Waals surface area contributed by atoms with Gasteiger partial charge in [0.25, 0.3) is 0 Å². The molecule has 0 amide bonds. The lowest BCUT2D eigenvalue weighted by atomic mass is 10.3. The molecule has 110 valence electrons. The monoisotopic (exact) mass is 257 g/mol. The summed E-state index contributed by atoms with van der Waals surface area (Å²) in [4.78, 5) is 5.08. The van der Waals surface area contributed by atoms with E-state index in [-0.39, 0.29) is 0 Å². The molecule has 0 aromatic carbocycles. The second-order valence-corrected chi connectivity index (χ2v) is 5.28. The van der Waals surface area contributed by atoms with Gasteiger partial charge in [-0.05, 0) is 58.7 Å². The maximum atomic E-state index is 3.48. The summed E-state index contributed by atoms with van der Waals surface area (Å²) in [7, 11) is 0. The fraction of sp³-hybridized carbons (Fsp3) is 1.00. The molecule has 0 atom stereocenters. The van der Waals surface area contributed by atoms with E-state index in [9.17, 15) is 0 Å². The Kier molecular flexibility index (Phi) is 11.9. The maximum absolute atomic E-state index is 3.48. The topological polar surface area (TPSA) is 18.5 Å². The Labute approximate surface area is 115 Å². The number of hydrogen-bond acceptors (Lipinski definition) is 3. The van der Waals surface area contributed by atoms with Crippen molar-refractivity contribution in [2.75, 3.05) is 45.8 Å². The number of nitrogens with zero attached hydrogens (tertiary/aromatic N) is 2. The Morgan fingerprint density at radius 2 is 1.28 bits per heavy atom.